The van der Waals surface area contributed by atoms with Crippen LogP contribution < -0.4 is 5.32 Å². The molecule has 0 unspecified atom stereocenters. The SMILES string of the molecule is CC(C)(COCc1ccccc1)NC(=O)c1ccc(-n2cccc2)cc1. The summed E-state index contributed by atoms with van der Waals surface area (Å²) >= 11 is 0. The Bertz CT molecular complexity index is 822. The maximum Gasteiger partial charge on any atom is 0.251 e. The van der Waals surface area contributed by atoms with E-state index in [9.17, 15) is 4.79 Å². The van der Waals surface area contributed by atoms with Crippen LogP contribution in [0.4, 0.5) is 0 Å². The van der Waals surface area contributed by atoms with Crippen LogP contribution in [-0.2, 0) is 11.3 Å². The zero-order valence-corrected chi connectivity index (χ0v) is 15.2. The van der Waals surface area contributed by atoms with Gasteiger partial charge in [-0.3, -0.25) is 4.79 Å². The van der Waals surface area contributed by atoms with Crippen molar-refractivity contribution < 1.29 is 9.53 Å². The van der Waals surface area contributed by atoms with Gasteiger partial charge in [0.25, 0.3) is 5.91 Å². The van der Waals surface area contributed by atoms with Crippen molar-refractivity contribution in [2.45, 2.75) is 26.0 Å². The third-order valence-corrected chi connectivity index (χ3v) is 4.06. The Morgan fingerprint density at radius 3 is 2.27 bits per heavy atom. The third-order valence-electron chi connectivity index (χ3n) is 4.06. The van der Waals surface area contributed by atoms with Crippen LogP contribution in [0.15, 0.2) is 79.1 Å². The van der Waals surface area contributed by atoms with E-state index in [0.717, 1.165) is 11.3 Å². The topological polar surface area (TPSA) is 43.3 Å². The number of hydrogen-bond acceptors (Lipinski definition) is 2. The number of carbonyl (C=O) groups excluding carboxylic acids is 1. The van der Waals surface area contributed by atoms with Gasteiger partial charge in [0.1, 0.15) is 0 Å². The standard InChI is InChI=1S/C22H24N2O2/c1-22(2,17-26-16-18-8-4-3-5-9-18)23-21(25)19-10-12-20(13-11-19)24-14-6-7-15-24/h3-15H,16-17H2,1-2H3,(H,23,25). The molecule has 0 bridgehead atoms. The fourth-order valence-corrected chi connectivity index (χ4v) is 2.71. The molecule has 3 rings (SSSR count). The summed E-state index contributed by atoms with van der Waals surface area (Å²) in [6, 6.07) is 21.5. The molecule has 0 aliphatic rings. The second kappa shape index (κ2) is 8.02. The summed E-state index contributed by atoms with van der Waals surface area (Å²) in [5.41, 5.74) is 2.33. The predicted molar refractivity (Wildman–Crippen MR) is 103 cm³/mol. The molecule has 0 saturated carbocycles. The first kappa shape index (κ1) is 18.0. The van der Waals surface area contributed by atoms with Crippen LogP contribution in [0, 0.1) is 0 Å². The van der Waals surface area contributed by atoms with Crippen molar-refractivity contribution in [2.24, 2.45) is 0 Å². The molecular weight excluding hydrogens is 324 g/mol. The molecule has 0 aliphatic carbocycles. The van der Waals surface area contributed by atoms with E-state index in [1.54, 1.807) is 0 Å². The Balaban J connectivity index is 1.54. The monoisotopic (exact) mass is 348 g/mol. The molecule has 1 N–H and O–H groups in total. The van der Waals surface area contributed by atoms with E-state index in [4.69, 9.17) is 4.74 Å². The largest absolute Gasteiger partial charge is 0.374 e. The normalized spacial score (nSPS) is 11.3. The van der Waals surface area contributed by atoms with E-state index in [1.807, 2.05) is 97.5 Å². The van der Waals surface area contributed by atoms with Crippen molar-refractivity contribution >= 4 is 5.91 Å². The maximum atomic E-state index is 12.5. The number of nitrogens with zero attached hydrogens (tertiary/aromatic N) is 1. The van der Waals surface area contributed by atoms with Crippen molar-refractivity contribution in [3.63, 3.8) is 0 Å². The van der Waals surface area contributed by atoms with Gasteiger partial charge in [-0.25, -0.2) is 0 Å². The molecule has 0 fully saturated rings. The number of ether oxygens (including phenoxy) is 1. The first-order valence-electron chi connectivity index (χ1n) is 8.71. The van der Waals surface area contributed by atoms with Gasteiger partial charge < -0.3 is 14.6 Å². The van der Waals surface area contributed by atoms with Gasteiger partial charge in [-0.05, 0) is 55.8 Å². The quantitative estimate of drug-likeness (QED) is 0.695. The van der Waals surface area contributed by atoms with Crippen molar-refractivity contribution in [3.8, 4) is 5.69 Å². The zero-order valence-electron chi connectivity index (χ0n) is 15.2. The lowest BCUT2D eigenvalue weighted by molar-refractivity contribution is 0.0617. The number of hydrogen-bond donors (Lipinski definition) is 1. The van der Waals surface area contributed by atoms with Gasteiger partial charge in [0, 0.05) is 23.6 Å². The van der Waals surface area contributed by atoms with Gasteiger partial charge in [0.05, 0.1) is 18.8 Å². The van der Waals surface area contributed by atoms with Gasteiger partial charge in [0.15, 0.2) is 0 Å². The summed E-state index contributed by atoms with van der Waals surface area (Å²) in [5, 5.41) is 3.04. The van der Waals surface area contributed by atoms with Gasteiger partial charge in [-0.2, -0.15) is 0 Å². The molecule has 1 amide bonds. The summed E-state index contributed by atoms with van der Waals surface area (Å²) in [5.74, 6) is -0.0997. The molecular formula is C22H24N2O2. The van der Waals surface area contributed by atoms with E-state index in [0.29, 0.717) is 18.8 Å². The molecule has 4 heteroatoms. The van der Waals surface area contributed by atoms with Crippen molar-refractivity contribution in [3.05, 3.63) is 90.3 Å². The number of rotatable bonds is 7. The van der Waals surface area contributed by atoms with Gasteiger partial charge in [-0.15, -0.1) is 0 Å². The first-order chi connectivity index (χ1) is 12.5. The highest BCUT2D eigenvalue weighted by molar-refractivity contribution is 5.94. The average Bonchev–Trinajstić information content (AvgIpc) is 3.17. The predicted octanol–water partition coefficient (Wildman–Crippen LogP) is 4.20. The number of carbonyl (C=O) groups is 1. The Labute approximate surface area is 154 Å². The van der Waals surface area contributed by atoms with E-state index in [1.165, 1.54) is 0 Å². The van der Waals surface area contributed by atoms with Crippen LogP contribution >= 0.6 is 0 Å². The molecule has 0 saturated heterocycles. The average molecular weight is 348 g/mol. The van der Waals surface area contributed by atoms with E-state index < -0.39 is 5.54 Å². The number of amides is 1. The van der Waals surface area contributed by atoms with Crippen molar-refractivity contribution in [2.75, 3.05) is 6.61 Å². The smallest absolute Gasteiger partial charge is 0.251 e. The van der Waals surface area contributed by atoms with Gasteiger partial charge in [-0.1, -0.05) is 30.3 Å². The summed E-state index contributed by atoms with van der Waals surface area (Å²) < 4.78 is 7.77. The minimum Gasteiger partial charge on any atom is -0.374 e. The van der Waals surface area contributed by atoms with Crippen LogP contribution in [0.3, 0.4) is 0 Å². The lowest BCUT2D eigenvalue weighted by atomic mass is 10.1. The number of benzene rings is 2. The Morgan fingerprint density at radius 2 is 1.62 bits per heavy atom. The van der Waals surface area contributed by atoms with Crippen molar-refractivity contribution in [1.29, 1.82) is 0 Å². The molecule has 134 valence electrons. The number of nitrogens with one attached hydrogen (secondary N) is 1. The second-order valence-corrected chi connectivity index (χ2v) is 6.95. The Hall–Kier alpha value is -2.85. The van der Waals surface area contributed by atoms with E-state index in [2.05, 4.69) is 5.32 Å². The van der Waals surface area contributed by atoms with Crippen LogP contribution in [-0.4, -0.2) is 22.6 Å². The lowest BCUT2D eigenvalue weighted by Crippen LogP contribution is -2.47. The van der Waals surface area contributed by atoms with Gasteiger partial charge in [0.2, 0.25) is 0 Å². The fraction of sp³-hybridized carbons (Fsp3) is 0.227. The van der Waals surface area contributed by atoms with E-state index >= 15 is 0 Å². The highest BCUT2D eigenvalue weighted by atomic mass is 16.5. The van der Waals surface area contributed by atoms with Gasteiger partial charge >= 0.3 is 0 Å². The molecule has 4 nitrogen and oxygen atoms in total. The van der Waals surface area contributed by atoms with Crippen molar-refractivity contribution in [1.82, 2.24) is 9.88 Å². The lowest BCUT2D eigenvalue weighted by Gasteiger charge is -2.26. The summed E-state index contributed by atoms with van der Waals surface area (Å²) in [6.45, 7) is 4.90. The minimum absolute atomic E-state index is 0.0997. The maximum absolute atomic E-state index is 12.5. The minimum atomic E-state index is -0.453. The van der Waals surface area contributed by atoms with Crippen LogP contribution in [0.1, 0.15) is 29.8 Å². The molecule has 2 aromatic carbocycles. The summed E-state index contributed by atoms with van der Waals surface area (Å²) in [6.07, 6.45) is 3.95. The molecule has 0 spiro atoms. The Morgan fingerprint density at radius 1 is 0.962 bits per heavy atom. The second-order valence-electron chi connectivity index (χ2n) is 6.95. The summed E-state index contributed by atoms with van der Waals surface area (Å²) in [4.78, 5) is 12.5. The third kappa shape index (κ3) is 4.83. The summed E-state index contributed by atoms with van der Waals surface area (Å²) in [7, 11) is 0. The molecule has 26 heavy (non-hydrogen) atoms. The molecule has 3 aromatic rings. The van der Waals surface area contributed by atoms with Crippen LogP contribution in [0.25, 0.3) is 5.69 Å². The molecule has 0 radical (unpaired) electrons. The number of aromatic nitrogens is 1. The fourth-order valence-electron chi connectivity index (χ4n) is 2.71. The van der Waals surface area contributed by atoms with Crippen LogP contribution in [0.2, 0.25) is 0 Å². The molecule has 0 atom stereocenters. The van der Waals surface area contributed by atoms with Crippen LogP contribution in [0.5, 0.6) is 0 Å². The Kier molecular flexibility index (Phi) is 5.54. The highest BCUT2D eigenvalue weighted by Gasteiger charge is 2.21. The molecule has 1 heterocycles. The highest BCUT2D eigenvalue weighted by Crippen LogP contribution is 2.12. The molecule has 0 aliphatic heterocycles. The zero-order chi connectivity index (χ0) is 18.4. The van der Waals surface area contributed by atoms with E-state index in [-0.39, 0.29) is 5.91 Å². The molecule has 1 aromatic heterocycles. The first-order valence-corrected chi connectivity index (χ1v) is 8.71.